The summed E-state index contributed by atoms with van der Waals surface area (Å²) in [6, 6.07) is 8.57. The molecule has 3 fully saturated rings. The molecule has 2 N–H and O–H groups in total. The number of morpholine rings is 1. The maximum absolute atomic E-state index is 12.4. The Labute approximate surface area is 143 Å². The number of urea groups is 1. The Bertz CT molecular complexity index is 602. The molecule has 2 aliphatic heterocycles. The number of amides is 2. The van der Waals surface area contributed by atoms with Gasteiger partial charge in [0.1, 0.15) is 0 Å². The van der Waals surface area contributed by atoms with Crippen LogP contribution in [0.25, 0.3) is 0 Å². The highest BCUT2D eigenvalue weighted by Crippen LogP contribution is 2.37. The quantitative estimate of drug-likeness (QED) is 0.893. The molecule has 3 aliphatic rings. The fourth-order valence-electron chi connectivity index (χ4n) is 4.05. The highest BCUT2D eigenvalue weighted by molar-refractivity contribution is 5.90. The van der Waals surface area contributed by atoms with E-state index in [0.29, 0.717) is 12.1 Å². The lowest BCUT2D eigenvalue weighted by atomic mass is 10.1. The molecule has 1 aromatic rings. The second kappa shape index (κ2) is 6.73. The number of carbonyl (C=O) groups is 1. The SMILES string of the molecule is CCc1ccccc1NC(=O)N[C@H]1C[C@H]2CO[C@@H](C3CC3)CN2C1. The number of nitrogens with zero attached hydrogens (tertiary/aromatic N) is 1. The number of fused-ring (bicyclic) bond motifs is 1. The highest BCUT2D eigenvalue weighted by Gasteiger charge is 2.42. The molecule has 4 rings (SSSR count). The molecule has 0 bridgehead atoms. The van der Waals surface area contributed by atoms with Gasteiger partial charge >= 0.3 is 6.03 Å². The van der Waals surface area contributed by atoms with Crippen LogP contribution in [0.15, 0.2) is 24.3 Å². The van der Waals surface area contributed by atoms with Gasteiger partial charge in [-0.1, -0.05) is 25.1 Å². The monoisotopic (exact) mass is 329 g/mol. The van der Waals surface area contributed by atoms with Crippen molar-refractivity contribution in [2.45, 2.75) is 50.8 Å². The number of aryl methyl sites for hydroxylation is 1. The van der Waals surface area contributed by atoms with Crippen molar-refractivity contribution in [3.8, 4) is 0 Å². The minimum Gasteiger partial charge on any atom is -0.375 e. The summed E-state index contributed by atoms with van der Waals surface area (Å²) in [5, 5.41) is 6.15. The molecule has 1 aromatic carbocycles. The molecule has 1 saturated carbocycles. The summed E-state index contributed by atoms with van der Waals surface area (Å²) in [4.78, 5) is 14.9. The normalized spacial score (nSPS) is 30.0. The Kier molecular flexibility index (Phi) is 4.46. The number of hydrogen-bond acceptors (Lipinski definition) is 3. The van der Waals surface area contributed by atoms with Crippen molar-refractivity contribution in [1.82, 2.24) is 10.2 Å². The molecule has 0 aromatic heterocycles. The Hall–Kier alpha value is -1.59. The van der Waals surface area contributed by atoms with Gasteiger partial charge in [0.15, 0.2) is 0 Å². The van der Waals surface area contributed by atoms with Crippen LogP contribution in [0.1, 0.15) is 31.7 Å². The summed E-state index contributed by atoms with van der Waals surface area (Å²) in [5.74, 6) is 0.784. The van der Waals surface area contributed by atoms with E-state index < -0.39 is 0 Å². The topological polar surface area (TPSA) is 53.6 Å². The zero-order chi connectivity index (χ0) is 16.5. The van der Waals surface area contributed by atoms with Crippen molar-refractivity contribution in [2.24, 2.45) is 5.92 Å². The Morgan fingerprint density at radius 2 is 2.12 bits per heavy atom. The molecule has 0 radical (unpaired) electrons. The lowest BCUT2D eigenvalue weighted by molar-refractivity contribution is -0.0581. The molecule has 0 unspecified atom stereocenters. The van der Waals surface area contributed by atoms with Crippen LogP contribution in [0, 0.1) is 5.92 Å². The van der Waals surface area contributed by atoms with Crippen LogP contribution < -0.4 is 10.6 Å². The summed E-state index contributed by atoms with van der Waals surface area (Å²) in [5.41, 5.74) is 2.07. The number of rotatable bonds is 4. The van der Waals surface area contributed by atoms with Crippen LogP contribution in [0.3, 0.4) is 0 Å². The third-order valence-corrected chi connectivity index (χ3v) is 5.57. The number of para-hydroxylation sites is 1. The Balaban J connectivity index is 1.30. The fraction of sp³-hybridized carbons (Fsp3) is 0.632. The van der Waals surface area contributed by atoms with E-state index in [0.717, 1.165) is 49.7 Å². The van der Waals surface area contributed by atoms with Gasteiger partial charge in [-0.3, -0.25) is 4.90 Å². The standard InChI is InChI=1S/C19H27N3O2/c1-2-13-5-3-4-6-17(13)21-19(23)20-15-9-16-12-24-18(14-7-8-14)11-22(16)10-15/h3-6,14-16,18H,2,7-12H2,1H3,(H2,20,21,23)/t15-,16-,18+/m0/s1. The van der Waals surface area contributed by atoms with Gasteiger partial charge in [-0.25, -0.2) is 4.79 Å². The molecule has 130 valence electrons. The summed E-state index contributed by atoms with van der Waals surface area (Å²) >= 11 is 0. The van der Waals surface area contributed by atoms with Gasteiger partial charge in [-0.2, -0.15) is 0 Å². The first-order chi connectivity index (χ1) is 11.7. The molecule has 2 amide bonds. The maximum Gasteiger partial charge on any atom is 0.319 e. The summed E-state index contributed by atoms with van der Waals surface area (Å²) in [7, 11) is 0. The molecule has 5 heteroatoms. The molecule has 5 nitrogen and oxygen atoms in total. The molecule has 0 spiro atoms. The van der Waals surface area contributed by atoms with E-state index in [1.807, 2.05) is 18.2 Å². The van der Waals surface area contributed by atoms with E-state index in [4.69, 9.17) is 4.74 Å². The second-order valence-corrected chi connectivity index (χ2v) is 7.36. The molecule has 2 saturated heterocycles. The van der Waals surface area contributed by atoms with Crippen molar-refractivity contribution in [3.63, 3.8) is 0 Å². The Morgan fingerprint density at radius 3 is 2.92 bits per heavy atom. The van der Waals surface area contributed by atoms with E-state index in [9.17, 15) is 4.79 Å². The van der Waals surface area contributed by atoms with Crippen LogP contribution in [0.4, 0.5) is 10.5 Å². The zero-order valence-electron chi connectivity index (χ0n) is 14.3. The van der Waals surface area contributed by atoms with E-state index in [2.05, 4.69) is 28.5 Å². The number of hydrogen-bond donors (Lipinski definition) is 2. The average Bonchev–Trinajstić information content (AvgIpc) is 3.35. The average molecular weight is 329 g/mol. The van der Waals surface area contributed by atoms with Gasteiger partial charge in [0, 0.05) is 30.9 Å². The van der Waals surface area contributed by atoms with E-state index in [-0.39, 0.29) is 12.1 Å². The summed E-state index contributed by atoms with van der Waals surface area (Å²) in [6.07, 6.45) is 4.97. The van der Waals surface area contributed by atoms with Crippen molar-refractivity contribution < 1.29 is 9.53 Å². The first-order valence-corrected chi connectivity index (χ1v) is 9.24. The third kappa shape index (κ3) is 3.42. The molecule has 1 aliphatic carbocycles. The molecule has 2 heterocycles. The summed E-state index contributed by atoms with van der Waals surface area (Å²) < 4.78 is 6.03. The van der Waals surface area contributed by atoms with E-state index in [1.54, 1.807) is 0 Å². The number of ether oxygens (including phenoxy) is 1. The molecular formula is C19H27N3O2. The molecular weight excluding hydrogens is 302 g/mol. The van der Waals surface area contributed by atoms with Gasteiger partial charge < -0.3 is 15.4 Å². The van der Waals surface area contributed by atoms with Crippen molar-refractivity contribution in [3.05, 3.63) is 29.8 Å². The predicted octanol–water partition coefficient (Wildman–Crippen LogP) is 2.62. The molecule has 24 heavy (non-hydrogen) atoms. The Morgan fingerprint density at radius 1 is 1.29 bits per heavy atom. The highest BCUT2D eigenvalue weighted by atomic mass is 16.5. The fourth-order valence-corrected chi connectivity index (χ4v) is 4.05. The van der Waals surface area contributed by atoms with Crippen LogP contribution in [0.2, 0.25) is 0 Å². The number of benzene rings is 1. The van der Waals surface area contributed by atoms with Crippen LogP contribution in [-0.2, 0) is 11.2 Å². The maximum atomic E-state index is 12.4. The van der Waals surface area contributed by atoms with Crippen molar-refractivity contribution in [1.29, 1.82) is 0 Å². The van der Waals surface area contributed by atoms with Gasteiger partial charge in [0.25, 0.3) is 0 Å². The predicted molar refractivity (Wildman–Crippen MR) is 94.2 cm³/mol. The van der Waals surface area contributed by atoms with Gasteiger partial charge in [-0.15, -0.1) is 0 Å². The number of carbonyl (C=O) groups excluding carboxylic acids is 1. The number of anilines is 1. The smallest absolute Gasteiger partial charge is 0.319 e. The molecule has 3 atom stereocenters. The minimum atomic E-state index is -0.0968. The largest absolute Gasteiger partial charge is 0.375 e. The van der Waals surface area contributed by atoms with Gasteiger partial charge in [-0.05, 0) is 43.2 Å². The minimum absolute atomic E-state index is 0.0968. The zero-order valence-corrected chi connectivity index (χ0v) is 14.3. The number of nitrogens with one attached hydrogen (secondary N) is 2. The van der Waals surface area contributed by atoms with E-state index >= 15 is 0 Å². The van der Waals surface area contributed by atoms with Crippen molar-refractivity contribution >= 4 is 11.7 Å². The first kappa shape index (κ1) is 15.9. The van der Waals surface area contributed by atoms with Crippen LogP contribution >= 0.6 is 0 Å². The first-order valence-electron chi connectivity index (χ1n) is 9.24. The second-order valence-electron chi connectivity index (χ2n) is 7.36. The van der Waals surface area contributed by atoms with Gasteiger partial charge in [0.2, 0.25) is 0 Å². The van der Waals surface area contributed by atoms with Gasteiger partial charge in [0.05, 0.1) is 12.7 Å². The van der Waals surface area contributed by atoms with Crippen molar-refractivity contribution in [2.75, 3.05) is 25.0 Å². The summed E-state index contributed by atoms with van der Waals surface area (Å²) in [6.45, 7) is 4.90. The lowest BCUT2D eigenvalue weighted by Crippen LogP contribution is -2.47. The van der Waals surface area contributed by atoms with Crippen LogP contribution in [0.5, 0.6) is 0 Å². The van der Waals surface area contributed by atoms with E-state index in [1.165, 1.54) is 12.8 Å². The third-order valence-electron chi connectivity index (χ3n) is 5.57. The van der Waals surface area contributed by atoms with Crippen LogP contribution in [-0.4, -0.2) is 48.8 Å². The lowest BCUT2D eigenvalue weighted by Gasteiger charge is -2.35.